The minimum atomic E-state index is 0.395. The van der Waals surface area contributed by atoms with Crippen LogP contribution in [0.25, 0.3) is 0 Å². The van der Waals surface area contributed by atoms with Crippen molar-refractivity contribution in [2.24, 2.45) is 0 Å². The third-order valence-corrected chi connectivity index (χ3v) is 2.18. The fourth-order valence-corrected chi connectivity index (χ4v) is 1.40. The topological polar surface area (TPSA) is 42.2 Å². The summed E-state index contributed by atoms with van der Waals surface area (Å²) in [4.78, 5) is 0. The van der Waals surface area contributed by atoms with E-state index in [9.17, 15) is 0 Å². The van der Waals surface area contributed by atoms with E-state index in [1.165, 1.54) is 0 Å². The Hall–Kier alpha value is -1.69. The van der Waals surface area contributed by atoms with Gasteiger partial charge in [-0.3, -0.25) is 0 Å². The lowest BCUT2D eigenvalue weighted by Crippen LogP contribution is -1.96. The van der Waals surface area contributed by atoms with Crippen molar-refractivity contribution in [3.63, 3.8) is 0 Å². The molecule has 1 aromatic carbocycles. The number of methoxy groups -OCH3 is 2. The summed E-state index contributed by atoms with van der Waals surface area (Å²) in [5.41, 5.74) is 1.94. The minimum absolute atomic E-state index is 0.395. The van der Waals surface area contributed by atoms with Gasteiger partial charge in [0.15, 0.2) is 11.5 Å². The summed E-state index contributed by atoms with van der Waals surface area (Å²) in [6.07, 6.45) is 0.395. The summed E-state index contributed by atoms with van der Waals surface area (Å²) < 4.78 is 10.4. The van der Waals surface area contributed by atoms with E-state index in [0.29, 0.717) is 17.9 Å². The van der Waals surface area contributed by atoms with E-state index in [4.69, 9.17) is 14.7 Å². The van der Waals surface area contributed by atoms with E-state index in [2.05, 4.69) is 6.07 Å². The molecule has 0 spiro atoms. The molecule has 3 heteroatoms. The molecule has 0 atom stereocenters. The lowest BCUT2D eigenvalue weighted by molar-refractivity contribution is 0.352. The molecule has 0 aliphatic rings. The third-order valence-electron chi connectivity index (χ3n) is 2.18. The van der Waals surface area contributed by atoms with Crippen molar-refractivity contribution in [3.05, 3.63) is 23.3 Å². The van der Waals surface area contributed by atoms with Gasteiger partial charge in [-0.15, -0.1) is 0 Å². The maximum atomic E-state index is 8.61. The molecule has 0 heterocycles. The first-order valence-corrected chi connectivity index (χ1v) is 4.32. The van der Waals surface area contributed by atoms with Crippen LogP contribution >= 0.6 is 0 Å². The molecular formula is C11H13NO2. The Balaban J connectivity index is 3.21. The Morgan fingerprint density at radius 3 is 2.50 bits per heavy atom. The second kappa shape index (κ2) is 4.52. The SMILES string of the molecule is COc1ccc(CC#N)c(C)c1OC. The first-order valence-electron chi connectivity index (χ1n) is 4.32. The highest BCUT2D eigenvalue weighted by atomic mass is 16.5. The second-order valence-electron chi connectivity index (χ2n) is 2.92. The van der Waals surface area contributed by atoms with Crippen molar-refractivity contribution in [1.29, 1.82) is 5.26 Å². The normalized spacial score (nSPS) is 9.29. The molecule has 0 bridgehead atoms. The van der Waals surface area contributed by atoms with Crippen LogP contribution in [0.15, 0.2) is 12.1 Å². The lowest BCUT2D eigenvalue weighted by atomic mass is 10.0. The smallest absolute Gasteiger partial charge is 0.163 e. The molecule has 1 rings (SSSR count). The molecule has 0 saturated carbocycles. The van der Waals surface area contributed by atoms with E-state index in [-0.39, 0.29) is 0 Å². The van der Waals surface area contributed by atoms with Crippen LogP contribution in [0.2, 0.25) is 0 Å². The van der Waals surface area contributed by atoms with Crippen LogP contribution < -0.4 is 9.47 Å². The van der Waals surface area contributed by atoms with Gasteiger partial charge in [0.1, 0.15) is 0 Å². The van der Waals surface area contributed by atoms with Gasteiger partial charge in [-0.1, -0.05) is 6.07 Å². The minimum Gasteiger partial charge on any atom is -0.493 e. The van der Waals surface area contributed by atoms with Crippen molar-refractivity contribution in [3.8, 4) is 17.6 Å². The molecule has 0 aromatic heterocycles. The Kier molecular flexibility index (Phi) is 3.35. The van der Waals surface area contributed by atoms with Gasteiger partial charge in [-0.2, -0.15) is 5.26 Å². The second-order valence-corrected chi connectivity index (χ2v) is 2.92. The average molecular weight is 191 g/mol. The number of nitriles is 1. The van der Waals surface area contributed by atoms with Crippen LogP contribution in [-0.2, 0) is 6.42 Å². The summed E-state index contributed by atoms with van der Waals surface area (Å²) in [5, 5.41) is 8.61. The highest BCUT2D eigenvalue weighted by Gasteiger charge is 2.10. The molecule has 74 valence electrons. The first-order chi connectivity index (χ1) is 6.74. The molecule has 0 saturated heterocycles. The van der Waals surface area contributed by atoms with Crippen molar-refractivity contribution in [2.45, 2.75) is 13.3 Å². The van der Waals surface area contributed by atoms with Gasteiger partial charge in [0.2, 0.25) is 0 Å². The molecule has 0 N–H and O–H groups in total. The summed E-state index contributed by atoms with van der Waals surface area (Å²) in [5.74, 6) is 1.41. The highest BCUT2D eigenvalue weighted by Crippen LogP contribution is 2.32. The van der Waals surface area contributed by atoms with Gasteiger partial charge >= 0.3 is 0 Å². The van der Waals surface area contributed by atoms with Gasteiger partial charge in [0.25, 0.3) is 0 Å². The Morgan fingerprint density at radius 1 is 1.29 bits per heavy atom. The predicted octanol–water partition coefficient (Wildman–Crippen LogP) is 2.08. The largest absolute Gasteiger partial charge is 0.493 e. The number of hydrogen-bond acceptors (Lipinski definition) is 3. The quantitative estimate of drug-likeness (QED) is 0.734. The average Bonchev–Trinajstić information content (AvgIpc) is 2.21. The molecule has 0 fully saturated rings. The predicted molar refractivity (Wildman–Crippen MR) is 53.6 cm³/mol. The number of nitrogens with zero attached hydrogens (tertiary/aromatic N) is 1. The maximum Gasteiger partial charge on any atom is 0.163 e. The fourth-order valence-electron chi connectivity index (χ4n) is 1.40. The summed E-state index contributed by atoms with van der Waals surface area (Å²) in [7, 11) is 3.20. The molecule has 0 aliphatic heterocycles. The first kappa shape index (κ1) is 10.4. The zero-order valence-electron chi connectivity index (χ0n) is 8.63. The fraction of sp³-hybridized carbons (Fsp3) is 0.364. The van der Waals surface area contributed by atoms with Crippen LogP contribution in [0, 0.1) is 18.3 Å². The standard InChI is InChI=1S/C11H13NO2/c1-8-9(6-7-12)4-5-10(13-2)11(8)14-3/h4-5H,6H2,1-3H3. The maximum absolute atomic E-state index is 8.61. The van der Waals surface area contributed by atoms with Crippen LogP contribution in [0.4, 0.5) is 0 Å². The molecular weight excluding hydrogens is 178 g/mol. The van der Waals surface area contributed by atoms with Crippen molar-refractivity contribution in [1.82, 2.24) is 0 Å². The van der Waals surface area contributed by atoms with Gasteiger partial charge < -0.3 is 9.47 Å². The van der Waals surface area contributed by atoms with E-state index < -0.39 is 0 Å². The highest BCUT2D eigenvalue weighted by molar-refractivity contribution is 5.50. The van der Waals surface area contributed by atoms with E-state index >= 15 is 0 Å². The summed E-state index contributed by atoms with van der Waals surface area (Å²) >= 11 is 0. The van der Waals surface area contributed by atoms with Gasteiger partial charge in [-0.25, -0.2) is 0 Å². The van der Waals surface area contributed by atoms with Crippen LogP contribution in [-0.4, -0.2) is 14.2 Å². The van der Waals surface area contributed by atoms with Gasteiger partial charge in [0.05, 0.1) is 26.7 Å². The van der Waals surface area contributed by atoms with E-state index in [0.717, 1.165) is 11.1 Å². The van der Waals surface area contributed by atoms with Crippen LogP contribution in [0.3, 0.4) is 0 Å². The molecule has 1 aromatic rings. The third kappa shape index (κ3) is 1.80. The molecule has 0 amide bonds. The van der Waals surface area contributed by atoms with Crippen molar-refractivity contribution in [2.75, 3.05) is 14.2 Å². The van der Waals surface area contributed by atoms with Gasteiger partial charge in [0, 0.05) is 0 Å². The van der Waals surface area contributed by atoms with Gasteiger partial charge in [-0.05, 0) is 24.1 Å². The number of benzene rings is 1. The lowest BCUT2D eigenvalue weighted by Gasteiger charge is -2.12. The molecule has 0 unspecified atom stereocenters. The van der Waals surface area contributed by atoms with Crippen molar-refractivity contribution >= 4 is 0 Å². The number of rotatable bonds is 3. The van der Waals surface area contributed by atoms with E-state index in [1.54, 1.807) is 14.2 Å². The Bertz CT molecular complexity index is 366. The Labute approximate surface area is 83.9 Å². The Morgan fingerprint density at radius 2 is 2.00 bits per heavy atom. The number of ether oxygens (including phenoxy) is 2. The van der Waals surface area contributed by atoms with E-state index in [1.807, 2.05) is 19.1 Å². The summed E-state index contributed by atoms with van der Waals surface area (Å²) in [6.45, 7) is 1.92. The monoisotopic (exact) mass is 191 g/mol. The molecule has 0 aliphatic carbocycles. The molecule has 0 radical (unpaired) electrons. The zero-order valence-corrected chi connectivity index (χ0v) is 8.63. The molecule has 14 heavy (non-hydrogen) atoms. The van der Waals surface area contributed by atoms with Crippen molar-refractivity contribution < 1.29 is 9.47 Å². The van der Waals surface area contributed by atoms with Crippen LogP contribution in [0.1, 0.15) is 11.1 Å². The molecule has 3 nitrogen and oxygen atoms in total. The summed E-state index contributed by atoms with van der Waals surface area (Å²) in [6, 6.07) is 5.82. The van der Waals surface area contributed by atoms with Crippen LogP contribution in [0.5, 0.6) is 11.5 Å². The number of hydrogen-bond donors (Lipinski definition) is 0. The zero-order chi connectivity index (χ0) is 10.6.